The van der Waals surface area contributed by atoms with Crippen LogP contribution in [0.15, 0.2) is 22.3 Å². The van der Waals surface area contributed by atoms with Gasteiger partial charge in [-0.25, -0.2) is 0 Å². The van der Waals surface area contributed by atoms with Crippen LogP contribution in [0.25, 0.3) is 4.96 Å². The van der Waals surface area contributed by atoms with Crippen LogP contribution in [-0.2, 0) is 13.0 Å². The molecule has 0 saturated heterocycles. The Kier molecular flexibility index (Phi) is 2.90. The molecule has 0 aliphatic heterocycles. The van der Waals surface area contributed by atoms with Crippen LogP contribution in [-0.4, -0.2) is 19.8 Å². The van der Waals surface area contributed by atoms with Gasteiger partial charge in [-0.2, -0.15) is 9.61 Å². The lowest BCUT2D eigenvalue weighted by Gasteiger charge is -1.96. The molecule has 3 aromatic rings. The molecular weight excluding hydrogens is 270 g/mol. The van der Waals surface area contributed by atoms with Crippen LogP contribution in [0.2, 0.25) is 0 Å². The van der Waals surface area contributed by atoms with Crippen LogP contribution in [0.4, 0.5) is 0 Å². The van der Waals surface area contributed by atoms with E-state index in [1.807, 2.05) is 17.5 Å². The standard InChI is InChI=1S/C10H9N5OS2/c11-5-8-14-15-9(16)7(12-13-10(15)18-8)4-6-2-1-3-17-6/h1-3H,4-5,11H2. The monoisotopic (exact) mass is 279 g/mol. The van der Waals surface area contributed by atoms with Gasteiger partial charge in [-0.1, -0.05) is 17.4 Å². The topological polar surface area (TPSA) is 86.2 Å². The highest BCUT2D eigenvalue weighted by Gasteiger charge is 2.11. The number of hydrogen-bond donors (Lipinski definition) is 1. The number of fused-ring (bicyclic) bond motifs is 1. The number of thiophene rings is 1. The Bertz CT molecular complexity index is 730. The zero-order valence-corrected chi connectivity index (χ0v) is 10.9. The van der Waals surface area contributed by atoms with Crippen LogP contribution in [0.3, 0.4) is 0 Å². The zero-order valence-electron chi connectivity index (χ0n) is 9.24. The first-order chi connectivity index (χ1) is 8.78. The largest absolute Gasteiger partial charge is 0.324 e. The molecule has 3 aromatic heterocycles. The molecule has 3 rings (SSSR count). The van der Waals surface area contributed by atoms with Gasteiger partial charge in [-0.05, 0) is 11.4 Å². The first-order valence-electron chi connectivity index (χ1n) is 5.24. The van der Waals surface area contributed by atoms with Crippen molar-refractivity contribution >= 4 is 27.6 Å². The highest BCUT2D eigenvalue weighted by Crippen LogP contribution is 2.13. The van der Waals surface area contributed by atoms with Crippen LogP contribution in [0.5, 0.6) is 0 Å². The van der Waals surface area contributed by atoms with E-state index in [9.17, 15) is 4.79 Å². The Labute approximate surface area is 110 Å². The molecule has 0 radical (unpaired) electrons. The second-order valence-corrected chi connectivity index (χ2v) is 5.68. The van der Waals surface area contributed by atoms with Crippen molar-refractivity contribution in [2.45, 2.75) is 13.0 Å². The van der Waals surface area contributed by atoms with Crippen LogP contribution in [0, 0.1) is 0 Å². The summed E-state index contributed by atoms with van der Waals surface area (Å²) in [6, 6.07) is 3.91. The van der Waals surface area contributed by atoms with Gasteiger partial charge in [0.2, 0.25) is 4.96 Å². The molecule has 0 aliphatic carbocycles. The van der Waals surface area contributed by atoms with Gasteiger partial charge in [0, 0.05) is 17.8 Å². The molecule has 0 atom stereocenters. The molecule has 92 valence electrons. The molecule has 0 bridgehead atoms. The third-order valence-electron chi connectivity index (χ3n) is 2.39. The summed E-state index contributed by atoms with van der Waals surface area (Å²) in [4.78, 5) is 13.7. The molecule has 0 aromatic carbocycles. The molecule has 0 unspecified atom stereocenters. The third-order valence-corrected chi connectivity index (χ3v) is 4.19. The summed E-state index contributed by atoms with van der Waals surface area (Å²) in [6.07, 6.45) is 0.488. The van der Waals surface area contributed by atoms with Gasteiger partial charge < -0.3 is 5.73 Å². The molecule has 0 saturated carbocycles. The van der Waals surface area contributed by atoms with Gasteiger partial charge in [-0.3, -0.25) is 4.79 Å². The van der Waals surface area contributed by atoms with E-state index in [1.165, 1.54) is 15.9 Å². The Morgan fingerprint density at radius 1 is 1.39 bits per heavy atom. The average Bonchev–Trinajstić information content (AvgIpc) is 3.02. The van der Waals surface area contributed by atoms with E-state index in [0.717, 1.165) is 4.88 Å². The lowest BCUT2D eigenvalue weighted by atomic mass is 10.3. The molecule has 6 nitrogen and oxygen atoms in total. The Balaban J connectivity index is 2.08. The van der Waals surface area contributed by atoms with E-state index in [1.54, 1.807) is 11.3 Å². The predicted molar refractivity (Wildman–Crippen MR) is 69.9 cm³/mol. The molecular formula is C10H9N5OS2. The van der Waals surface area contributed by atoms with E-state index in [4.69, 9.17) is 5.73 Å². The predicted octanol–water partition coefficient (Wildman–Crippen LogP) is 0.657. The Morgan fingerprint density at radius 2 is 2.28 bits per heavy atom. The third kappa shape index (κ3) is 1.94. The summed E-state index contributed by atoms with van der Waals surface area (Å²) in [5.74, 6) is 0. The van der Waals surface area contributed by atoms with E-state index in [0.29, 0.717) is 28.6 Å². The van der Waals surface area contributed by atoms with Gasteiger partial charge >= 0.3 is 0 Å². The SMILES string of the molecule is NCc1nn2c(=O)c(Cc3cccs3)nnc2s1. The van der Waals surface area contributed by atoms with Gasteiger partial charge in [0.1, 0.15) is 10.7 Å². The van der Waals surface area contributed by atoms with E-state index >= 15 is 0 Å². The summed E-state index contributed by atoms with van der Waals surface area (Å²) >= 11 is 2.87. The fourth-order valence-electron chi connectivity index (χ4n) is 1.56. The first kappa shape index (κ1) is 11.5. The van der Waals surface area contributed by atoms with Crippen molar-refractivity contribution in [3.05, 3.63) is 43.4 Å². The number of nitrogens with two attached hydrogens (primary N) is 1. The molecule has 8 heteroatoms. The van der Waals surface area contributed by atoms with Crippen molar-refractivity contribution in [2.24, 2.45) is 5.73 Å². The van der Waals surface area contributed by atoms with Crippen molar-refractivity contribution < 1.29 is 0 Å². The maximum atomic E-state index is 12.2. The number of hydrogen-bond acceptors (Lipinski definition) is 7. The van der Waals surface area contributed by atoms with Crippen molar-refractivity contribution in [3.8, 4) is 0 Å². The molecule has 0 spiro atoms. The van der Waals surface area contributed by atoms with Gasteiger partial charge in [0.15, 0.2) is 0 Å². The summed E-state index contributed by atoms with van der Waals surface area (Å²) in [5.41, 5.74) is 5.69. The molecule has 3 heterocycles. The second-order valence-electron chi connectivity index (χ2n) is 3.60. The molecule has 0 amide bonds. The molecule has 0 fully saturated rings. The van der Waals surface area contributed by atoms with E-state index in [2.05, 4.69) is 15.3 Å². The second kappa shape index (κ2) is 4.56. The van der Waals surface area contributed by atoms with Crippen LogP contribution in [0.1, 0.15) is 15.6 Å². The van der Waals surface area contributed by atoms with Gasteiger partial charge in [-0.15, -0.1) is 21.5 Å². The van der Waals surface area contributed by atoms with Crippen LogP contribution >= 0.6 is 22.7 Å². The van der Waals surface area contributed by atoms with Gasteiger partial charge in [0.05, 0.1) is 0 Å². The summed E-state index contributed by atoms with van der Waals surface area (Å²) in [5, 5.41) is 14.8. The maximum absolute atomic E-state index is 12.2. The highest BCUT2D eigenvalue weighted by molar-refractivity contribution is 7.16. The lowest BCUT2D eigenvalue weighted by molar-refractivity contribution is 0.791. The average molecular weight is 279 g/mol. The summed E-state index contributed by atoms with van der Waals surface area (Å²) in [6.45, 7) is 0.299. The minimum atomic E-state index is -0.218. The van der Waals surface area contributed by atoms with Crippen molar-refractivity contribution in [3.63, 3.8) is 0 Å². The van der Waals surface area contributed by atoms with Crippen molar-refractivity contribution in [2.75, 3.05) is 0 Å². The van der Waals surface area contributed by atoms with Crippen LogP contribution < -0.4 is 11.3 Å². The first-order valence-corrected chi connectivity index (χ1v) is 6.94. The summed E-state index contributed by atoms with van der Waals surface area (Å²) < 4.78 is 1.28. The van der Waals surface area contributed by atoms with E-state index < -0.39 is 0 Å². The highest BCUT2D eigenvalue weighted by atomic mass is 32.1. The Hall–Kier alpha value is -1.64. The number of rotatable bonds is 3. The summed E-state index contributed by atoms with van der Waals surface area (Å²) in [7, 11) is 0. The minimum Gasteiger partial charge on any atom is -0.324 e. The Morgan fingerprint density at radius 3 is 3.00 bits per heavy atom. The fraction of sp³-hybridized carbons (Fsp3) is 0.200. The van der Waals surface area contributed by atoms with E-state index in [-0.39, 0.29) is 5.56 Å². The zero-order chi connectivity index (χ0) is 12.5. The number of aromatic nitrogens is 4. The number of nitrogens with zero attached hydrogens (tertiary/aromatic N) is 4. The molecule has 18 heavy (non-hydrogen) atoms. The molecule has 2 N–H and O–H groups in total. The lowest BCUT2D eigenvalue weighted by Crippen LogP contribution is -2.22. The maximum Gasteiger partial charge on any atom is 0.297 e. The quantitative estimate of drug-likeness (QED) is 0.761. The fourth-order valence-corrected chi connectivity index (χ4v) is 2.98. The molecule has 0 aliphatic rings. The van der Waals surface area contributed by atoms with Crippen molar-refractivity contribution in [1.82, 2.24) is 19.8 Å². The normalized spacial score (nSPS) is 11.2. The van der Waals surface area contributed by atoms with Crippen molar-refractivity contribution in [1.29, 1.82) is 0 Å². The minimum absolute atomic E-state index is 0.218. The van der Waals surface area contributed by atoms with Gasteiger partial charge in [0.25, 0.3) is 5.56 Å². The smallest absolute Gasteiger partial charge is 0.297 e.